The van der Waals surface area contributed by atoms with Crippen molar-refractivity contribution in [1.82, 2.24) is 4.98 Å². The summed E-state index contributed by atoms with van der Waals surface area (Å²) in [4.78, 5) is 27.0. The normalized spacial score (nSPS) is 11.8. The summed E-state index contributed by atoms with van der Waals surface area (Å²) < 4.78 is 0. The van der Waals surface area contributed by atoms with Gasteiger partial charge in [-0.15, -0.1) is 0 Å². The molecule has 164 valence electrons. The number of nitrogens with one attached hydrogen (secondary N) is 1. The largest absolute Gasteiger partial charge is 0.478 e. The molecule has 0 saturated heterocycles. The van der Waals surface area contributed by atoms with Crippen LogP contribution < -0.4 is 0 Å². The molecule has 6 nitrogen and oxygen atoms in total. The van der Waals surface area contributed by atoms with Crippen LogP contribution in [-0.2, 0) is 0 Å². The first kappa shape index (κ1) is 21.8. The Kier molecular flexibility index (Phi) is 5.72. The predicted octanol–water partition coefficient (Wildman–Crippen LogP) is 5.95. The van der Waals surface area contributed by atoms with Gasteiger partial charge in [0.2, 0.25) is 0 Å². The van der Waals surface area contributed by atoms with Gasteiger partial charge in [-0.3, -0.25) is 0 Å². The highest BCUT2D eigenvalue weighted by Crippen LogP contribution is 2.40. The van der Waals surface area contributed by atoms with E-state index in [1.807, 2.05) is 32.2 Å². The summed E-state index contributed by atoms with van der Waals surface area (Å²) in [5, 5.41) is 29.6. The van der Waals surface area contributed by atoms with Gasteiger partial charge in [0.05, 0.1) is 22.8 Å². The van der Waals surface area contributed by atoms with Crippen LogP contribution in [0.5, 0.6) is 0 Å². The molecule has 0 fully saturated rings. The van der Waals surface area contributed by atoms with Gasteiger partial charge >= 0.3 is 11.9 Å². The van der Waals surface area contributed by atoms with Gasteiger partial charge in [-0.2, -0.15) is 5.26 Å². The lowest BCUT2D eigenvalue weighted by Gasteiger charge is -2.21. The Morgan fingerprint density at radius 2 is 1.76 bits per heavy atom. The molecular weight excluding hydrogens is 416 g/mol. The van der Waals surface area contributed by atoms with Crippen LogP contribution in [-0.4, -0.2) is 27.1 Å². The predicted molar refractivity (Wildman–Crippen MR) is 126 cm³/mol. The number of hydrogen-bond acceptors (Lipinski definition) is 3. The molecule has 0 aliphatic heterocycles. The van der Waals surface area contributed by atoms with Gasteiger partial charge in [-0.25, -0.2) is 9.59 Å². The molecule has 1 unspecified atom stereocenters. The van der Waals surface area contributed by atoms with E-state index >= 15 is 0 Å². The molecule has 0 amide bonds. The Morgan fingerprint density at radius 1 is 0.970 bits per heavy atom. The number of aryl methyl sites for hydroxylation is 1. The second-order valence-electron chi connectivity index (χ2n) is 8.04. The van der Waals surface area contributed by atoms with Gasteiger partial charge in [0.25, 0.3) is 0 Å². The number of fused-ring (bicyclic) bond motifs is 1. The summed E-state index contributed by atoms with van der Waals surface area (Å²) in [6, 6.07) is 17.7. The molecule has 4 rings (SSSR count). The molecule has 0 aliphatic rings. The number of benzene rings is 3. The van der Waals surface area contributed by atoms with Crippen molar-refractivity contribution in [1.29, 1.82) is 5.26 Å². The number of hydrogen-bond donors (Lipinski definition) is 3. The molecule has 0 bridgehead atoms. The quantitative estimate of drug-likeness (QED) is 0.344. The van der Waals surface area contributed by atoms with Crippen molar-refractivity contribution in [2.45, 2.75) is 26.2 Å². The van der Waals surface area contributed by atoms with E-state index in [1.54, 1.807) is 42.5 Å². The molecule has 6 heteroatoms. The van der Waals surface area contributed by atoms with E-state index in [9.17, 15) is 25.1 Å². The summed E-state index contributed by atoms with van der Waals surface area (Å²) in [6.07, 6.45) is 2.61. The third kappa shape index (κ3) is 3.97. The van der Waals surface area contributed by atoms with Crippen molar-refractivity contribution in [3.63, 3.8) is 0 Å². The number of rotatable bonds is 6. The van der Waals surface area contributed by atoms with Gasteiger partial charge < -0.3 is 15.2 Å². The minimum absolute atomic E-state index is 0.0955. The van der Waals surface area contributed by atoms with E-state index in [-0.39, 0.29) is 17.0 Å². The first-order valence-corrected chi connectivity index (χ1v) is 10.6. The maximum atomic E-state index is 12.0. The third-order valence-corrected chi connectivity index (χ3v) is 6.00. The van der Waals surface area contributed by atoms with Crippen LogP contribution in [0.2, 0.25) is 0 Å². The molecule has 1 heterocycles. The Hall–Kier alpha value is -4.37. The smallest absolute Gasteiger partial charge is 0.336 e. The summed E-state index contributed by atoms with van der Waals surface area (Å²) >= 11 is 0. The Labute approximate surface area is 190 Å². The number of nitriles is 1. The number of aromatic amines is 1. The lowest BCUT2D eigenvalue weighted by molar-refractivity contribution is 0.0687. The van der Waals surface area contributed by atoms with Crippen LogP contribution in [0, 0.1) is 18.3 Å². The monoisotopic (exact) mass is 438 g/mol. The number of aromatic carboxylic acids is 2. The zero-order chi connectivity index (χ0) is 23.7. The first-order valence-electron chi connectivity index (χ1n) is 10.6. The van der Waals surface area contributed by atoms with E-state index in [0.717, 1.165) is 27.6 Å². The number of carboxylic acids is 2. The minimum Gasteiger partial charge on any atom is -0.478 e. The molecule has 33 heavy (non-hydrogen) atoms. The van der Waals surface area contributed by atoms with Gasteiger partial charge in [0.1, 0.15) is 0 Å². The average molecular weight is 438 g/mol. The van der Waals surface area contributed by atoms with Crippen LogP contribution >= 0.6 is 0 Å². The lowest BCUT2D eigenvalue weighted by atomic mass is 9.82. The van der Waals surface area contributed by atoms with Crippen LogP contribution in [0.3, 0.4) is 0 Å². The number of carbonyl (C=O) groups is 2. The molecule has 3 N–H and O–H groups in total. The minimum atomic E-state index is -1.07. The van der Waals surface area contributed by atoms with Gasteiger partial charge in [-0.05, 0) is 65.9 Å². The average Bonchev–Trinajstić information content (AvgIpc) is 3.22. The lowest BCUT2D eigenvalue weighted by Crippen LogP contribution is -2.07. The molecule has 0 radical (unpaired) electrons. The highest BCUT2D eigenvalue weighted by atomic mass is 16.4. The Bertz CT molecular complexity index is 1440. The second-order valence-corrected chi connectivity index (χ2v) is 8.04. The van der Waals surface area contributed by atoms with Gasteiger partial charge in [0, 0.05) is 23.0 Å². The van der Waals surface area contributed by atoms with Crippen LogP contribution in [0.25, 0.3) is 22.0 Å². The molecule has 0 saturated carbocycles. The topological polar surface area (TPSA) is 114 Å². The van der Waals surface area contributed by atoms with Crippen LogP contribution in [0.15, 0.2) is 60.8 Å². The summed E-state index contributed by atoms with van der Waals surface area (Å²) in [5.74, 6) is -2.26. The molecule has 0 spiro atoms. The summed E-state index contributed by atoms with van der Waals surface area (Å²) in [6.45, 7) is 3.86. The molecular formula is C27H22N2O4. The fraction of sp³-hybridized carbons (Fsp3) is 0.148. The number of nitrogens with zero attached hydrogens (tertiary/aromatic N) is 1. The van der Waals surface area contributed by atoms with E-state index in [4.69, 9.17) is 0 Å². The second kappa shape index (κ2) is 8.64. The van der Waals surface area contributed by atoms with Crippen LogP contribution in [0.4, 0.5) is 0 Å². The zero-order valence-corrected chi connectivity index (χ0v) is 18.2. The van der Waals surface area contributed by atoms with E-state index in [2.05, 4.69) is 11.1 Å². The highest BCUT2D eigenvalue weighted by Gasteiger charge is 2.24. The van der Waals surface area contributed by atoms with E-state index in [0.29, 0.717) is 23.1 Å². The van der Waals surface area contributed by atoms with E-state index < -0.39 is 11.9 Å². The maximum absolute atomic E-state index is 12.0. The summed E-state index contributed by atoms with van der Waals surface area (Å²) in [5.41, 5.74) is 5.35. The van der Waals surface area contributed by atoms with Gasteiger partial charge in [0.15, 0.2) is 0 Å². The zero-order valence-electron chi connectivity index (χ0n) is 18.2. The van der Waals surface area contributed by atoms with Crippen molar-refractivity contribution >= 4 is 22.8 Å². The van der Waals surface area contributed by atoms with Crippen molar-refractivity contribution in [3.8, 4) is 17.2 Å². The fourth-order valence-electron chi connectivity index (χ4n) is 4.41. The van der Waals surface area contributed by atoms with Crippen molar-refractivity contribution in [2.75, 3.05) is 0 Å². The van der Waals surface area contributed by atoms with Crippen molar-refractivity contribution in [2.24, 2.45) is 0 Å². The third-order valence-electron chi connectivity index (χ3n) is 6.00. The molecule has 4 aromatic rings. The van der Waals surface area contributed by atoms with E-state index in [1.165, 1.54) is 0 Å². The SMILES string of the molecule is CCC(c1ccc(C(=O)O)cc1-c1ccc(C)cc1C(=O)O)c1c[nH]c2cc(C#N)ccc12. The maximum Gasteiger partial charge on any atom is 0.336 e. The van der Waals surface area contributed by atoms with Gasteiger partial charge in [-0.1, -0.05) is 36.8 Å². The molecule has 1 aromatic heterocycles. The molecule has 0 aliphatic carbocycles. The molecule has 1 atom stereocenters. The fourth-order valence-corrected chi connectivity index (χ4v) is 4.41. The van der Waals surface area contributed by atoms with Crippen molar-refractivity contribution < 1.29 is 19.8 Å². The Balaban J connectivity index is 1.97. The standard InChI is InChI=1S/C27H22N2O4/c1-3-18(24-14-29-25-11-16(13-28)5-8-21(24)25)19-9-6-17(26(30)31)12-22(19)20-7-4-15(2)10-23(20)27(32)33/h4-12,14,18,29H,3H2,1-2H3,(H,30,31)(H,32,33). The Morgan fingerprint density at radius 3 is 2.42 bits per heavy atom. The number of carboxylic acid groups (broad SMARTS) is 2. The highest BCUT2D eigenvalue weighted by molar-refractivity contribution is 5.98. The molecule has 3 aromatic carbocycles. The van der Waals surface area contributed by atoms with Crippen LogP contribution in [0.1, 0.15) is 62.2 Å². The number of aromatic nitrogens is 1. The van der Waals surface area contributed by atoms with Crippen molar-refractivity contribution in [3.05, 3.63) is 94.2 Å². The number of H-pyrrole nitrogens is 1. The summed E-state index contributed by atoms with van der Waals surface area (Å²) in [7, 11) is 0. The first-order chi connectivity index (χ1) is 15.8.